The van der Waals surface area contributed by atoms with Crippen LogP contribution in [0.4, 0.5) is 0 Å². The molecule has 0 radical (unpaired) electrons. The lowest BCUT2D eigenvalue weighted by Crippen LogP contribution is -1.80. The third-order valence-corrected chi connectivity index (χ3v) is 2.10. The van der Waals surface area contributed by atoms with E-state index in [1.54, 1.807) is 0 Å². The minimum absolute atomic E-state index is 0.425. The molecule has 0 aromatic carbocycles. The molecule has 0 aliphatic heterocycles. The van der Waals surface area contributed by atoms with E-state index in [-0.39, 0.29) is 0 Å². The maximum atomic E-state index is 5.62. The molecule has 13 heavy (non-hydrogen) atoms. The molecular weight excluding hydrogens is 162 g/mol. The highest BCUT2D eigenvalue weighted by molar-refractivity contribution is 5.73. The second-order valence-electron chi connectivity index (χ2n) is 3.64. The van der Waals surface area contributed by atoms with Crippen LogP contribution in [0.1, 0.15) is 31.2 Å². The Bertz CT molecular complexity index is 429. The summed E-state index contributed by atoms with van der Waals surface area (Å²) in [6.07, 6.45) is 0. The molecule has 0 fully saturated rings. The zero-order valence-electron chi connectivity index (χ0n) is 8.16. The highest BCUT2D eigenvalue weighted by atomic mass is 16.3. The van der Waals surface area contributed by atoms with Crippen LogP contribution in [0.3, 0.4) is 0 Å². The number of hydrogen-bond donors (Lipinski definition) is 0. The van der Waals surface area contributed by atoms with E-state index < -0.39 is 0 Å². The standard InChI is InChI=1S/C11H13NO/c1-7(2)11-6-9-10(13-11)5-4-8(3)12-9/h4-7H,1-3H3. The van der Waals surface area contributed by atoms with Crippen LogP contribution >= 0.6 is 0 Å². The van der Waals surface area contributed by atoms with Gasteiger partial charge in [0.15, 0.2) is 5.58 Å². The molecular formula is C11H13NO. The molecule has 0 amide bonds. The van der Waals surface area contributed by atoms with Crippen LogP contribution in [-0.4, -0.2) is 4.98 Å². The topological polar surface area (TPSA) is 26.0 Å². The van der Waals surface area contributed by atoms with Gasteiger partial charge in [0.1, 0.15) is 11.3 Å². The molecule has 2 aromatic rings. The lowest BCUT2D eigenvalue weighted by atomic mass is 10.1. The zero-order valence-corrected chi connectivity index (χ0v) is 8.16. The average Bonchev–Trinajstić information content (AvgIpc) is 2.46. The van der Waals surface area contributed by atoms with Crippen LogP contribution < -0.4 is 0 Å². The summed E-state index contributed by atoms with van der Waals surface area (Å²) in [5, 5.41) is 0. The second kappa shape index (κ2) is 2.87. The Balaban J connectivity index is 2.62. The number of aryl methyl sites for hydroxylation is 1. The lowest BCUT2D eigenvalue weighted by Gasteiger charge is -1.95. The molecule has 68 valence electrons. The van der Waals surface area contributed by atoms with Crippen molar-refractivity contribution in [1.82, 2.24) is 4.98 Å². The van der Waals surface area contributed by atoms with Gasteiger partial charge in [-0.15, -0.1) is 0 Å². The molecule has 2 heterocycles. The number of furan rings is 1. The van der Waals surface area contributed by atoms with Gasteiger partial charge in [0, 0.05) is 17.7 Å². The number of hydrogen-bond acceptors (Lipinski definition) is 2. The molecule has 0 saturated heterocycles. The van der Waals surface area contributed by atoms with Gasteiger partial charge in [0.05, 0.1) is 0 Å². The summed E-state index contributed by atoms with van der Waals surface area (Å²) in [4.78, 5) is 4.38. The molecule has 0 aliphatic carbocycles. The van der Waals surface area contributed by atoms with Crippen LogP contribution in [0.25, 0.3) is 11.1 Å². The van der Waals surface area contributed by atoms with Crippen molar-refractivity contribution in [3.8, 4) is 0 Å². The summed E-state index contributed by atoms with van der Waals surface area (Å²) in [6, 6.07) is 5.96. The molecule has 0 unspecified atom stereocenters. The molecule has 2 aromatic heterocycles. The van der Waals surface area contributed by atoms with Crippen molar-refractivity contribution >= 4 is 11.1 Å². The second-order valence-corrected chi connectivity index (χ2v) is 3.64. The Morgan fingerprint density at radius 2 is 2.08 bits per heavy atom. The fourth-order valence-corrected chi connectivity index (χ4v) is 1.33. The van der Waals surface area contributed by atoms with Gasteiger partial charge < -0.3 is 4.42 Å². The van der Waals surface area contributed by atoms with Gasteiger partial charge in [-0.1, -0.05) is 13.8 Å². The van der Waals surface area contributed by atoms with Crippen molar-refractivity contribution in [3.63, 3.8) is 0 Å². The van der Waals surface area contributed by atoms with E-state index >= 15 is 0 Å². The third-order valence-electron chi connectivity index (χ3n) is 2.10. The fourth-order valence-electron chi connectivity index (χ4n) is 1.33. The van der Waals surface area contributed by atoms with Crippen molar-refractivity contribution < 1.29 is 4.42 Å². The van der Waals surface area contributed by atoms with Crippen molar-refractivity contribution in [3.05, 3.63) is 29.7 Å². The van der Waals surface area contributed by atoms with Crippen LogP contribution in [-0.2, 0) is 0 Å². The largest absolute Gasteiger partial charge is 0.459 e. The fraction of sp³-hybridized carbons (Fsp3) is 0.364. The number of pyridine rings is 1. The minimum atomic E-state index is 0.425. The normalized spacial score (nSPS) is 11.4. The molecule has 0 atom stereocenters. The molecule has 0 bridgehead atoms. The summed E-state index contributed by atoms with van der Waals surface area (Å²) < 4.78 is 5.62. The first kappa shape index (κ1) is 8.30. The van der Waals surface area contributed by atoms with Crippen molar-refractivity contribution in [1.29, 1.82) is 0 Å². The highest BCUT2D eigenvalue weighted by Crippen LogP contribution is 2.23. The quantitative estimate of drug-likeness (QED) is 0.664. The van der Waals surface area contributed by atoms with E-state index in [4.69, 9.17) is 4.42 Å². The smallest absolute Gasteiger partial charge is 0.152 e. The van der Waals surface area contributed by atoms with Crippen LogP contribution in [0, 0.1) is 6.92 Å². The maximum Gasteiger partial charge on any atom is 0.152 e. The van der Waals surface area contributed by atoms with Crippen molar-refractivity contribution in [2.24, 2.45) is 0 Å². The molecule has 2 nitrogen and oxygen atoms in total. The molecule has 0 N–H and O–H groups in total. The van der Waals surface area contributed by atoms with Gasteiger partial charge in [0.25, 0.3) is 0 Å². The van der Waals surface area contributed by atoms with Gasteiger partial charge in [0.2, 0.25) is 0 Å². The van der Waals surface area contributed by atoms with E-state index in [9.17, 15) is 0 Å². The summed E-state index contributed by atoms with van der Waals surface area (Å²) in [5.41, 5.74) is 2.88. The number of fused-ring (bicyclic) bond motifs is 1. The van der Waals surface area contributed by atoms with Gasteiger partial charge >= 0.3 is 0 Å². The van der Waals surface area contributed by atoms with E-state index in [1.807, 2.05) is 25.1 Å². The summed E-state index contributed by atoms with van der Waals surface area (Å²) >= 11 is 0. The first-order valence-corrected chi connectivity index (χ1v) is 4.54. The molecule has 2 heteroatoms. The van der Waals surface area contributed by atoms with E-state index in [1.165, 1.54) is 0 Å². The molecule has 0 spiro atoms. The molecule has 0 saturated carbocycles. The minimum Gasteiger partial charge on any atom is -0.459 e. The summed E-state index contributed by atoms with van der Waals surface area (Å²) in [6.45, 7) is 6.22. The monoisotopic (exact) mass is 175 g/mol. The Kier molecular flexibility index (Phi) is 1.83. The van der Waals surface area contributed by atoms with Crippen molar-refractivity contribution in [2.45, 2.75) is 26.7 Å². The third kappa shape index (κ3) is 1.44. The van der Waals surface area contributed by atoms with E-state index in [0.29, 0.717) is 5.92 Å². The molecule has 0 aliphatic rings. The summed E-state index contributed by atoms with van der Waals surface area (Å²) in [5.74, 6) is 1.43. The van der Waals surface area contributed by atoms with E-state index in [0.717, 1.165) is 22.6 Å². The van der Waals surface area contributed by atoms with Gasteiger partial charge in [-0.25, -0.2) is 4.98 Å². The van der Waals surface area contributed by atoms with Crippen LogP contribution in [0.15, 0.2) is 22.6 Å². The first-order chi connectivity index (χ1) is 6.16. The predicted molar refractivity (Wildman–Crippen MR) is 52.8 cm³/mol. The predicted octanol–water partition coefficient (Wildman–Crippen LogP) is 3.26. The van der Waals surface area contributed by atoms with Crippen molar-refractivity contribution in [2.75, 3.05) is 0 Å². The Hall–Kier alpha value is -1.31. The maximum absolute atomic E-state index is 5.62. The Morgan fingerprint density at radius 3 is 2.77 bits per heavy atom. The number of rotatable bonds is 1. The first-order valence-electron chi connectivity index (χ1n) is 4.54. The van der Waals surface area contributed by atoms with Crippen LogP contribution in [0.5, 0.6) is 0 Å². The number of aromatic nitrogens is 1. The number of nitrogens with zero attached hydrogens (tertiary/aromatic N) is 1. The SMILES string of the molecule is Cc1ccc2oc(C(C)C)cc2n1. The Morgan fingerprint density at radius 1 is 1.31 bits per heavy atom. The summed E-state index contributed by atoms with van der Waals surface area (Å²) in [7, 11) is 0. The molecule has 2 rings (SSSR count). The van der Waals surface area contributed by atoms with Crippen LogP contribution in [0.2, 0.25) is 0 Å². The van der Waals surface area contributed by atoms with E-state index in [2.05, 4.69) is 18.8 Å². The van der Waals surface area contributed by atoms with Gasteiger partial charge in [-0.2, -0.15) is 0 Å². The average molecular weight is 175 g/mol. The zero-order chi connectivity index (χ0) is 9.42. The highest BCUT2D eigenvalue weighted by Gasteiger charge is 2.07. The lowest BCUT2D eigenvalue weighted by molar-refractivity contribution is 0.521. The Labute approximate surface area is 77.6 Å². The van der Waals surface area contributed by atoms with Gasteiger partial charge in [-0.05, 0) is 19.1 Å². The van der Waals surface area contributed by atoms with Gasteiger partial charge in [-0.3, -0.25) is 0 Å².